The number of benzene rings is 1. The number of carboxylic acids is 2. The van der Waals surface area contributed by atoms with E-state index < -0.39 is 68.3 Å². The molecule has 0 aliphatic rings. The van der Waals surface area contributed by atoms with Crippen molar-refractivity contribution in [3.63, 3.8) is 0 Å². The summed E-state index contributed by atoms with van der Waals surface area (Å²) in [7, 11) is 0. The highest BCUT2D eigenvalue weighted by Crippen LogP contribution is 2.40. The Morgan fingerprint density at radius 1 is 1.18 bits per heavy atom. The number of nitro benzene ring substituents is 1. The smallest absolute Gasteiger partial charge is 0.478 e. The van der Waals surface area contributed by atoms with E-state index in [1.807, 2.05) is 0 Å². The Balaban J connectivity index is 3.06. The first-order chi connectivity index (χ1) is 12.8. The van der Waals surface area contributed by atoms with Crippen LogP contribution in [0.5, 0.6) is 5.75 Å². The number of nitrogens with one attached hydrogen (secondary N) is 1. The predicted octanol–water partition coefficient (Wildman–Crippen LogP) is 1.83. The number of aromatic nitrogens is 1. The molecule has 11 nitrogen and oxygen atoms in total. The van der Waals surface area contributed by atoms with Gasteiger partial charge in [-0.05, 0) is 6.07 Å². The Kier molecular flexibility index (Phi) is 4.98. The lowest BCUT2D eigenvalue weighted by Gasteiger charge is -2.16. The number of nitro groups is 1. The second kappa shape index (κ2) is 6.90. The predicted molar refractivity (Wildman–Crippen MR) is 84.2 cm³/mol. The summed E-state index contributed by atoms with van der Waals surface area (Å²) in [5, 5.41) is 29.5. The number of halogens is 3. The molecule has 2 rings (SSSR count). The molecule has 0 unspecified atom stereocenters. The molecule has 0 amide bonds. The quantitative estimate of drug-likeness (QED) is 0.427. The summed E-state index contributed by atoms with van der Waals surface area (Å²) >= 11 is 0. The van der Waals surface area contributed by atoms with E-state index in [2.05, 4.69) is 4.74 Å². The summed E-state index contributed by atoms with van der Waals surface area (Å²) in [6.07, 6.45) is -5.32. The number of pyridine rings is 1. The molecule has 2 aromatic rings. The lowest BCUT2D eigenvalue weighted by atomic mass is 9.94. The Morgan fingerprint density at radius 2 is 1.75 bits per heavy atom. The molecule has 0 bridgehead atoms. The van der Waals surface area contributed by atoms with Crippen molar-refractivity contribution in [2.75, 3.05) is 5.73 Å². The number of carbonyl (C=O) groups is 2. The zero-order chi connectivity index (χ0) is 21.4. The summed E-state index contributed by atoms with van der Waals surface area (Å²) in [6.45, 7) is 0. The number of H-pyrrole nitrogens is 1. The van der Waals surface area contributed by atoms with Gasteiger partial charge in [0.2, 0.25) is 0 Å². The van der Waals surface area contributed by atoms with Crippen LogP contribution in [-0.2, 0) is 0 Å². The summed E-state index contributed by atoms with van der Waals surface area (Å²) in [4.78, 5) is 46.6. The van der Waals surface area contributed by atoms with Gasteiger partial charge in [0.25, 0.3) is 11.2 Å². The molecule has 1 aromatic heterocycles. The van der Waals surface area contributed by atoms with Crippen molar-refractivity contribution in [1.29, 1.82) is 0 Å². The number of carboxylic acid groups (broad SMARTS) is 2. The molecule has 5 N–H and O–H groups in total. The number of hydrogen-bond acceptors (Lipinski definition) is 7. The van der Waals surface area contributed by atoms with Gasteiger partial charge >= 0.3 is 18.3 Å². The Hall–Kier alpha value is -4.10. The van der Waals surface area contributed by atoms with Crippen LogP contribution in [0.4, 0.5) is 24.7 Å². The van der Waals surface area contributed by atoms with Gasteiger partial charge in [0, 0.05) is 23.3 Å². The third-order valence-corrected chi connectivity index (χ3v) is 3.34. The third-order valence-electron chi connectivity index (χ3n) is 3.34. The highest BCUT2D eigenvalue weighted by molar-refractivity contribution is 6.08. The Morgan fingerprint density at radius 3 is 2.21 bits per heavy atom. The van der Waals surface area contributed by atoms with E-state index in [0.29, 0.717) is 18.2 Å². The normalized spacial score (nSPS) is 11.1. The second-order valence-corrected chi connectivity index (χ2v) is 5.09. The monoisotopic (exact) mass is 403 g/mol. The molecule has 0 saturated heterocycles. The number of nitrogen functional groups attached to an aromatic ring is 1. The van der Waals surface area contributed by atoms with Crippen LogP contribution in [0.25, 0.3) is 11.1 Å². The minimum absolute atomic E-state index is 0.439. The third kappa shape index (κ3) is 3.84. The number of aromatic carboxylic acids is 2. The molecule has 0 saturated carbocycles. The molecule has 0 aliphatic carbocycles. The van der Waals surface area contributed by atoms with Crippen molar-refractivity contribution in [1.82, 2.24) is 4.98 Å². The van der Waals surface area contributed by atoms with E-state index in [1.165, 1.54) is 0 Å². The van der Waals surface area contributed by atoms with Crippen LogP contribution in [0.2, 0.25) is 0 Å². The maximum absolute atomic E-state index is 12.7. The van der Waals surface area contributed by atoms with Crippen LogP contribution < -0.4 is 16.0 Å². The van der Waals surface area contributed by atoms with Crippen LogP contribution >= 0.6 is 0 Å². The van der Waals surface area contributed by atoms with Crippen LogP contribution in [0.15, 0.2) is 23.0 Å². The molecular weight excluding hydrogens is 395 g/mol. The summed E-state index contributed by atoms with van der Waals surface area (Å²) in [6, 6.07) is 1.53. The van der Waals surface area contributed by atoms with E-state index in [-0.39, 0.29) is 0 Å². The highest BCUT2D eigenvalue weighted by atomic mass is 19.4. The van der Waals surface area contributed by atoms with Crippen molar-refractivity contribution in [2.45, 2.75) is 6.36 Å². The number of nitrogens with zero attached hydrogens (tertiary/aromatic N) is 1. The first kappa shape index (κ1) is 20.2. The van der Waals surface area contributed by atoms with Gasteiger partial charge in [-0.1, -0.05) is 0 Å². The fourth-order valence-corrected chi connectivity index (χ4v) is 2.36. The molecule has 0 aliphatic heterocycles. The zero-order valence-corrected chi connectivity index (χ0v) is 13.2. The van der Waals surface area contributed by atoms with Gasteiger partial charge in [-0.3, -0.25) is 14.9 Å². The molecule has 1 aromatic carbocycles. The number of ether oxygens (including phenoxy) is 1. The lowest BCUT2D eigenvalue weighted by molar-refractivity contribution is -0.384. The van der Waals surface area contributed by atoms with Crippen LogP contribution in [0.3, 0.4) is 0 Å². The first-order valence-corrected chi connectivity index (χ1v) is 6.90. The SMILES string of the molecule is Nc1[nH]c(=O)c(C(=O)O)c(-c2cc([N+](=O)[O-])ccc2OC(F)(F)F)c1C(=O)O. The van der Waals surface area contributed by atoms with E-state index in [1.54, 1.807) is 4.98 Å². The Labute approximate surface area is 150 Å². The molecule has 1 heterocycles. The van der Waals surface area contributed by atoms with Gasteiger partial charge in [0.1, 0.15) is 22.7 Å². The zero-order valence-electron chi connectivity index (χ0n) is 13.2. The van der Waals surface area contributed by atoms with Crippen molar-refractivity contribution in [3.8, 4) is 16.9 Å². The average molecular weight is 403 g/mol. The number of hydrogen-bond donors (Lipinski definition) is 4. The van der Waals surface area contributed by atoms with Gasteiger partial charge < -0.3 is 25.7 Å². The molecule has 0 fully saturated rings. The second-order valence-electron chi connectivity index (χ2n) is 5.09. The van der Waals surface area contributed by atoms with E-state index in [0.717, 1.165) is 0 Å². The van der Waals surface area contributed by atoms with E-state index in [9.17, 15) is 47.9 Å². The minimum Gasteiger partial charge on any atom is -0.478 e. The van der Waals surface area contributed by atoms with Crippen molar-refractivity contribution in [3.05, 3.63) is 49.8 Å². The number of aromatic amines is 1. The summed E-state index contributed by atoms with van der Waals surface area (Å²) in [5.74, 6) is -5.96. The Bertz CT molecular complexity index is 1060. The van der Waals surface area contributed by atoms with Crippen LogP contribution in [0.1, 0.15) is 20.7 Å². The molecule has 14 heteroatoms. The molecule has 0 atom stereocenters. The fourth-order valence-electron chi connectivity index (χ4n) is 2.36. The number of rotatable bonds is 5. The fraction of sp³-hybridized carbons (Fsp3) is 0.0714. The average Bonchev–Trinajstić information content (AvgIpc) is 2.51. The van der Waals surface area contributed by atoms with E-state index in [4.69, 9.17) is 5.73 Å². The number of anilines is 1. The van der Waals surface area contributed by atoms with Crippen LogP contribution in [-0.4, -0.2) is 38.4 Å². The summed E-state index contributed by atoms with van der Waals surface area (Å²) < 4.78 is 41.8. The van der Waals surface area contributed by atoms with Gasteiger partial charge in [-0.2, -0.15) is 0 Å². The molecular formula is C14H8F3N3O8. The lowest BCUT2D eigenvalue weighted by Crippen LogP contribution is -2.25. The highest BCUT2D eigenvalue weighted by Gasteiger charge is 2.35. The van der Waals surface area contributed by atoms with Gasteiger partial charge in [-0.25, -0.2) is 9.59 Å². The van der Waals surface area contributed by atoms with Gasteiger partial charge in [-0.15, -0.1) is 13.2 Å². The van der Waals surface area contributed by atoms with E-state index >= 15 is 0 Å². The van der Waals surface area contributed by atoms with Crippen molar-refractivity contribution in [2.24, 2.45) is 0 Å². The molecule has 0 spiro atoms. The first-order valence-electron chi connectivity index (χ1n) is 6.90. The number of alkyl halides is 3. The minimum atomic E-state index is -5.32. The maximum Gasteiger partial charge on any atom is 0.573 e. The summed E-state index contributed by atoms with van der Waals surface area (Å²) in [5.41, 5.74) is -1.30. The van der Waals surface area contributed by atoms with Crippen molar-refractivity contribution >= 4 is 23.4 Å². The number of nitrogens with two attached hydrogens (primary N) is 1. The molecule has 148 valence electrons. The van der Waals surface area contributed by atoms with Gasteiger partial charge in [0.15, 0.2) is 0 Å². The van der Waals surface area contributed by atoms with Gasteiger partial charge in [0.05, 0.1) is 4.92 Å². The van der Waals surface area contributed by atoms with Crippen molar-refractivity contribution < 1.29 is 42.6 Å². The molecule has 0 radical (unpaired) electrons. The number of non-ortho nitro benzene ring substituents is 1. The molecule has 28 heavy (non-hydrogen) atoms. The largest absolute Gasteiger partial charge is 0.573 e. The standard InChI is InChI=1S/C14H8F3N3O8/c15-14(16,17)28-6-2-1-4(20(26)27)3-5(6)7-8(12(22)23)10(18)19-11(21)9(7)13(24)25/h1-3H,(H,22,23)(H,24,25)(H3,18,19,21). The maximum atomic E-state index is 12.7. The van der Waals surface area contributed by atoms with Crippen LogP contribution in [0, 0.1) is 10.1 Å². The topological polar surface area (TPSA) is 186 Å².